The molecule has 0 aliphatic heterocycles. The van der Waals surface area contributed by atoms with Crippen LogP contribution in [0.15, 0.2) is 83.5 Å². The molecule has 1 amide bonds. The summed E-state index contributed by atoms with van der Waals surface area (Å²) in [5.41, 5.74) is 2.05. The molecular formula is C21H17N5O2. The molecule has 0 unspecified atom stereocenters. The summed E-state index contributed by atoms with van der Waals surface area (Å²) in [4.78, 5) is 13.0. The van der Waals surface area contributed by atoms with Gasteiger partial charge in [-0.15, -0.1) is 5.10 Å². The van der Waals surface area contributed by atoms with Crippen LogP contribution in [0.25, 0.3) is 23.2 Å². The summed E-state index contributed by atoms with van der Waals surface area (Å²) in [5, 5.41) is 14.8. The number of hydrogen-bond acceptors (Lipinski definition) is 5. The van der Waals surface area contributed by atoms with E-state index in [9.17, 15) is 4.79 Å². The van der Waals surface area contributed by atoms with Crippen molar-refractivity contribution in [2.24, 2.45) is 0 Å². The van der Waals surface area contributed by atoms with Gasteiger partial charge < -0.3 is 9.73 Å². The topological polar surface area (TPSA) is 85.8 Å². The van der Waals surface area contributed by atoms with E-state index in [4.69, 9.17) is 4.42 Å². The van der Waals surface area contributed by atoms with Gasteiger partial charge >= 0.3 is 0 Å². The molecule has 4 aromatic rings. The zero-order valence-corrected chi connectivity index (χ0v) is 14.9. The first-order chi connectivity index (χ1) is 13.8. The Morgan fingerprint density at radius 1 is 1.00 bits per heavy atom. The van der Waals surface area contributed by atoms with Gasteiger partial charge in [-0.25, -0.2) is 0 Å². The second-order valence-corrected chi connectivity index (χ2v) is 5.99. The molecule has 0 fully saturated rings. The molecule has 2 aromatic carbocycles. The maximum atomic E-state index is 13.0. The summed E-state index contributed by atoms with van der Waals surface area (Å²) in [6, 6.07) is 22.6. The van der Waals surface area contributed by atoms with E-state index in [-0.39, 0.29) is 11.6 Å². The number of nitrogens with zero attached hydrogens (tertiary/aromatic N) is 4. The number of amides is 1. The molecule has 0 aliphatic carbocycles. The van der Waals surface area contributed by atoms with E-state index in [2.05, 4.69) is 20.8 Å². The van der Waals surface area contributed by atoms with Crippen LogP contribution >= 0.6 is 0 Å². The Kier molecular flexibility index (Phi) is 5.06. The van der Waals surface area contributed by atoms with Gasteiger partial charge in [0, 0.05) is 18.2 Å². The molecule has 0 saturated carbocycles. The van der Waals surface area contributed by atoms with Crippen LogP contribution in [0.2, 0.25) is 0 Å². The zero-order valence-electron chi connectivity index (χ0n) is 14.9. The molecule has 4 rings (SSSR count). The molecule has 2 aromatic heterocycles. The lowest BCUT2D eigenvalue weighted by Crippen LogP contribution is -2.27. The van der Waals surface area contributed by atoms with Crippen molar-refractivity contribution in [3.63, 3.8) is 0 Å². The van der Waals surface area contributed by atoms with Crippen LogP contribution in [0.5, 0.6) is 0 Å². The van der Waals surface area contributed by atoms with Gasteiger partial charge in [0.15, 0.2) is 5.82 Å². The highest BCUT2D eigenvalue weighted by atomic mass is 16.3. The lowest BCUT2D eigenvalue weighted by Gasteiger charge is -2.10. The smallest absolute Gasteiger partial charge is 0.270 e. The van der Waals surface area contributed by atoms with E-state index in [1.807, 2.05) is 60.7 Å². The van der Waals surface area contributed by atoms with Crippen molar-refractivity contribution in [3.8, 4) is 11.4 Å². The number of hydrogen-bond donors (Lipinski definition) is 1. The van der Waals surface area contributed by atoms with Crippen molar-refractivity contribution in [1.29, 1.82) is 0 Å². The molecule has 0 spiro atoms. The van der Waals surface area contributed by atoms with Crippen LogP contribution in [-0.2, 0) is 11.3 Å². The van der Waals surface area contributed by atoms with Gasteiger partial charge in [0.2, 0.25) is 0 Å². The van der Waals surface area contributed by atoms with Gasteiger partial charge in [-0.3, -0.25) is 4.79 Å². The van der Waals surface area contributed by atoms with E-state index < -0.39 is 0 Å². The number of aromatic nitrogens is 4. The number of benzene rings is 2. The van der Waals surface area contributed by atoms with Crippen LogP contribution in [-0.4, -0.2) is 26.1 Å². The van der Waals surface area contributed by atoms with Gasteiger partial charge in [-0.2, -0.15) is 4.68 Å². The zero-order chi connectivity index (χ0) is 19.2. The van der Waals surface area contributed by atoms with E-state index in [0.29, 0.717) is 18.1 Å². The number of carbonyl (C=O) groups is 1. The van der Waals surface area contributed by atoms with Crippen molar-refractivity contribution in [1.82, 2.24) is 25.5 Å². The number of tetrazole rings is 1. The fourth-order valence-corrected chi connectivity index (χ4v) is 2.72. The van der Waals surface area contributed by atoms with Gasteiger partial charge in [0.05, 0.1) is 6.26 Å². The summed E-state index contributed by atoms with van der Waals surface area (Å²) in [6.45, 7) is 0.387. The Bertz CT molecular complexity index is 1070. The predicted octanol–water partition coefficient (Wildman–Crippen LogP) is 3.25. The van der Waals surface area contributed by atoms with Gasteiger partial charge in [0.1, 0.15) is 11.5 Å². The molecular weight excluding hydrogens is 354 g/mol. The number of nitrogens with one attached hydrogen (secondary N) is 1. The fraction of sp³-hybridized carbons (Fsp3) is 0.0476. The molecule has 138 valence electrons. The van der Waals surface area contributed by atoms with Crippen LogP contribution in [0.4, 0.5) is 0 Å². The van der Waals surface area contributed by atoms with Gasteiger partial charge in [-0.05, 0) is 28.1 Å². The maximum absolute atomic E-state index is 13.0. The van der Waals surface area contributed by atoms with Crippen LogP contribution < -0.4 is 5.32 Å². The Morgan fingerprint density at radius 2 is 1.75 bits per heavy atom. The lowest BCUT2D eigenvalue weighted by atomic mass is 10.2. The summed E-state index contributed by atoms with van der Waals surface area (Å²) in [5.74, 6) is 0.678. The summed E-state index contributed by atoms with van der Waals surface area (Å²) in [6.07, 6.45) is 3.16. The van der Waals surface area contributed by atoms with Crippen LogP contribution in [0, 0.1) is 0 Å². The van der Waals surface area contributed by atoms with E-state index >= 15 is 0 Å². The van der Waals surface area contributed by atoms with Crippen LogP contribution in [0.1, 0.15) is 11.3 Å². The van der Waals surface area contributed by atoms with Crippen molar-refractivity contribution >= 4 is 17.7 Å². The first-order valence-corrected chi connectivity index (χ1v) is 8.73. The molecule has 0 saturated heterocycles. The summed E-state index contributed by atoms with van der Waals surface area (Å²) >= 11 is 0. The monoisotopic (exact) mass is 371 g/mol. The Hall–Kier alpha value is -4.00. The number of carbonyl (C=O) groups excluding carboxylic acids is 1. The standard InChI is InChI=1S/C21H17N5O2/c27-21(22-15-16-8-3-1-4-9-16)19(14-18-12-7-13-28-18)26-20(23-24-25-26)17-10-5-2-6-11-17/h1-14H,15H2,(H,22,27)/b19-14-. The summed E-state index contributed by atoms with van der Waals surface area (Å²) < 4.78 is 6.80. The van der Waals surface area contributed by atoms with Crippen molar-refractivity contribution in [2.45, 2.75) is 6.54 Å². The molecule has 7 heteroatoms. The van der Waals surface area contributed by atoms with Crippen molar-refractivity contribution < 1.29 is 9.21 Å². The van der Waals surface area contributed by atoms with E-state index in [1.165, 1.54) is 4.68 Å². The second-order valence-electron chi connectivity index (χ2n) is 5.99. The predicted molar refractivity (Wildman–Crippen MR) is 104 cm³/mol. The minimum atomic E-state index is -0.315. The van der Waals surface area contributed by atoms with Gasteiger partial charge in [0.25, 0.3) is 5.91 Å². The lowest BCUT2D eigenvalue weighted by molar-refractivity contribution is -0.116. The Labute approximate surface area is 161 Å². The number of furan rings is 1. The average molecular weight is 371 g/mol. The largest absolute Gasteiger partial charge is 0.465 e. The fourth-order valence-electron chi connectivity index (χ4n) is 2.72. The number of rotatable bonds is 6. The highest BCUT2D eigenvalue weighted by Gasteiger charge is 2.19. The molecule has 0 bridgehead atoms. The molecule has 0 radical (unpaired) electrons. The molecule has 7 nitrogen and oxygen atoms in total. The SMILES string of the molecule is O=C(NCc1ccccc1)/C(=C/c1ccco1)n1nnnc1-c1ccccc1. The maximum Gasteiger partial charge on any atom is 0.270 e. The third-order valence-corrected chi connectivity index (χ3v) is 4.08. The Balaban J connectivity index is 1.68. The molecule has 2 heterocycles. The second kappa shape index (κ2) is 8.13. The van der Waals surface area contributed by atoms with Crippen molar-refractivity contribution in [2.75, 3.05) is 0 Å². The normalized spacial score (nSPS) is 11.4. The highest BCUT2D eigenvalue weighted by molar-refractivity contribution is 6.18. The third-order valence-electron chi connectivity index (χ3n) is 4.08. The summed E-state index contributed by atoms with van der Waals surface area (Å²) in [7, 11) is 0. The first-order valence-electron chi connectivity index (χ1n) is 8.73. The first kappa shape index (κ1) is 17.4. The van der Waals surface area contributed by atoms with E-state index in [0.717, 1.165) is 11.1 Å². The van der Waals surface area contributed by atoms with Crippen LogP contribution in [0.3, 0.4) is 0 Å². The molecule has 0 aliphatic rings. The Morgan fingerprint density at radius 3 is 2.46 bits per heavy atom. The molecule has 1 N–H and O–H groups in total. The molecule has 0 atom stereocenters. The van der Waals surface area contributed by atoms with E-state index in [1.54, 1.807) is 24.5 Å². The third kappa shape index (κ3) is 3.88. The van der Waals surface area contributed by atoms with Crippen molar-refractivity contribution in [3.05, 3.63) is 90.4 Å². The average Bonchev–Trinajstić information content (AvgIpc) is 3.43. The van der Waals surface area contributed by atoms with Gasteiger partial charge in [-0.1, -0.05) is 60.7 Å². The minimum Gasteiger partial charge on any atom is -0.465 e. The minimum absolute atomic E-state index is 0.259. The highest BCUT2D eigenvalue weighted by Crippen LogP contribution is 2.20. The quantitative estimate of drug-likeness (QED) is 0.526. The molecule has 28 heavy (non-hydrogen) atoms.